The maximum absolute atomic E-state index is 11.3. The first-order valence-corrected chi connectivity index (χ1v) is 5.35. The van der Waals surface area contributed by atoms with Crippen LogP contribution in [-0.4, -0.2) is 19.5 Å². The Hall–Kier alpha value is -1.51. The zero-order valence-corrected chi connectivity index (χ0v) is 8.92. The molecule has 2 N–H and O–H groups in total. The summed E-state index contributed by atoms with van der Waals surface area (Å²) in [6, 6.07) is 7.59. The minimum absolute atomic E-state index is 0.0382. The predicted octanol–water partition coefficient (Wildman–Crippen LogP) is 1.87. The molecule has 1 aromatic carbocycles. The number of hydrogen-bond donors (Lipinski definition) is 2. The van der Waals surface area contributed by atoms with Gasteiger partial charge in [-0.1, -0.05) is 0 Å². The fourth-order valence-corrected chi connectivity index (χ4v) is 1.47. The highest BCUT2D eigenvalue weighted by atomic mass is 16.1. The second kappa shape index (κ2) is 4.34. The molecule has 1 saturated carbocycles. The molecular weight excluding hydrogens is 188 g/mol. The molecule has 3 heteroatoms. The van der Waals surface area contributed by atoms with Crippen molar-refractivity contribution in [3.63, 3.8) is 0 Å². The molecule has 0 atom stereocenters. The number of anilines is 1. The zero-order chi connectivity index (χ0) is 10.7. The number of carbonyl (C=O) groups excluding carboxylic acids is 1. The Morgan fingerprint density at radius 2 is 2.00 bits per heavy atom. The maximum Gasteiger partial charge on any atom is 0.251 e. The Labute approximate surface area is 89.9 Å². The largest absolute Gasteiger partial charge is 0.385 e. The number of hydrogen-bond acceptors (Lipinski definition) is 2. The lowest BCUT2D eigenvalue weighted by molar-refractivity contribution is 0.0963. The van der Waals surface area contributed by atoms with Gasteiger partial charge in [0.25, 0.3) is 5.91 Å². The molecule has 80 valence electrons. The molecule has 1 aliphatic carbocycles. The minimum Gasteiger partial charge on any atom is -0.385 e. The van der Waals surface area contributed by atoms with Gasteiger partial charge in [-0.05, 0) is 43.0 Å². The number of carbonyl (C=O) groups is 1. The van der Waals surface area contributed by atoms with E-state index >= 15 is 0 Å². The van der Waals surface area contributed by atoms with Gasteiger partial charge in [-0.15, -0.1) is 0 Å². The standard InChI is InChI=1S/C12H16N2O/c1-13-12(15)10-4-6-11(7-5-10)14-8-9-2-3-9/h4-7,9,14H,2-3,8H2,1H3,(H,13,15). The van der Waals surface area contributed by atoms with Crippen molar-refractivity contribution in [3.8, 4) is 0 Å². The molecule has 0 heterocycles. The van der Waals surface area contributed by atoms with Crippen LogP contribution in [0.1, 0.15) is 23.2 Å². The molecule has 0 aromatic heterocycles. The van der Waals surface area contributed by atoms with Gasteiger partial charge in [0.05, 0.1) is 0 Å². The van der Waals surface area contributed by atoms with E-state index in [4.69, 9.17) is 0 Å². The number of benzene rings is 1. The summed E-state index contributed by atoms with van der Waals surface area (Å²) in [7, 11) is 1.64. The lowest BCUT2D eigenvalue weighted by Crippen LogP contribution is -2.17. The summed E-state index contributed by atoms with van der Waals surface area (Å²) in [5.41, 5.74) is 1.80. The monoisotopic (exact) mass is 204 g/mol. The first-order chi connectivity index (χ1) is 7.29. The molecule has 0 radical (unpaired) electrons. The fourth-order valence-electron chi connectivity index (χ4n) is 1.47. The van der Waals surface area contributed by atoms with Gasteiger partial charge in [0.2, 0.25) is 0 Å². The summed E-state index contributed by atoms with van der Waals surface area (Å²) in [5, 5.41) is 5.96. The zero-order valence-electron chi connectivity index (χ0n) is 8.92. The third kappa shape index (κ3) is 2.72. The van der Waals surface area contributed by atoms with Gasteiger partial charge in [0.1, 0.15) is 0 Å². The van der Waals surface area contributed by atoms with Crippen LogP contribution in [0.25, 0.3) is 0 Å². The van der Waals surface area contributed by atoms with Crippen molar-refractivity contribution in [1.29, 1.82) is 0 Å². The number of nitrogens with one attached hydrogen (secondary N) is 2. The smallest absolute Gasteiger partial charge is 0.251 e. The van der Waals surface area contributed by atoms with Crippen molar-refractivity contribution in [2.24, 2.45) is 5.92 Å². The first kappa shape index (κ1) is 10.0. The summed E-state index contributed by atoms with van der Waals surface area (Å²) < 4.78 is 0. The second-order valence-electron chi connectivity index (χ2n) is 3.98. The third-order valence-corrected chi connectivity index (χ3v) is 2.67. The van der Waals surface area contributed by atoms with Gasteiger partial charge in [-0.25, -0.2) is 0 Å². The lowest BCUT2D eigenvalue weighted by Gasteiger charge is -2.05. The molecule has 15 heavy (non-hydrogen) atoms. The van der Waals surface area contributed by atoms with Crippen molar-refractivity contribution in [3.05, 3.63) is 29.8 Å². The summed E-state index contributed by atoms with van der Waals surface area (Å²) in [6.45, 7) is 1.05. The maximum atomic E-state index is 11.3. The molecule has 0 spiro atoms. The average molecular weight is 204 g/mol. The van der Waals surface area contributed by atoms with Gasteiger partial charge in [0, 0.05) is 24.8 Å². The summed E-state index contributed by atoms with van der Waals surface area (Å²) in [4.78, 5) is 11.3. The van der Waals surface area contributed by atoms with Crippen LogP contribution in [0.5, 0.6) is 0 Å². The van der Waals surface area contributed by atoms with Crippen LogP contribution in [0.3, 0.4) is 0 Å². The summed E-state index contributed by atoms with van der Waals surface area (Å²) in [6.07, 6.45) is 2.70. The molecular formula is C12H16N2O. The van der Waals surface area contributed by atoms with Crippen LogP contribution in [0.4, 0.5) is 5.69 Å². The Bertz CT molecular complexity index is 341. The molecule has 0 unspecified atom stereocenters. The molecule has 0 saturated heterocycles. The van der Waals surface area contributed by atoms with Crippen molar-refractivity contribution in [1.82, 2.24) is 5.32 Å². The van der Waals surface area contributed by atoms with Gasteiger partial charge < -0.3 is 10.6 Å². The van der Waals surface area contributed by atoms with Crippen LogP contribution < -0.4 is 10.6 Å². The Morgan fingerprint density at radius 3 is 2.53 bits per heavy atom. The molecule has 1 amide bonds. The van der Waals surface area contributed by atoms with Crippen LogP contribution in [-0.2, 0) is 0 Å². The van der Waals surface area contributed by atoms with Gasteiger partial charge in [-0.3, -0.25) is 4.79 Å². The minimum atomic E-state index is -0.0382. The van der Waals surface area contributed by atoms with Crippen LogP contribution in [0.15, 0.2) is 24.3 Å². The van der Waals surface area contributed by atoms with E-state index in [9.17, 15) is 4.79 Å². The van der Waals surface area contributed by atoms with E-state index in [0.717, 1.165) is 18.2 Å². The van der Waals surface area contributed by atoms with Crippen molar-refractivity contribution in [2.45, 2.75) is 12.8 Å². The SMILES string of the molecule is CNC(=O)c1ccc(NCC2CC2)cc1. The second-order valence-corrected chi connectivity index (χ2v) is 3.98. The highest BCUT2D eigenvalue weighted by molar-refractivity contribution is 5.94. The average Bonchev–Trinajstić information content (AvgIpc) is 3.10. The predicted molar refractivity (Wildman–Crippen MR) is 61.0 cm³/mol. The summed E-state index contributed by atoms with van der Waals surface area (Å²) >= 11 is 0. The molecule has 1 aromatic rings. The molecule has 1 aliphatic rings. The topological polar surface area (TPSA) is 41.1 Å². The van der Waals surface area contributed by atoms with E-state index in [1.165, 1.54) is 12.8 Å². The highest BCUT2D eigenvalue weighted by Crippen LogP contribution is 2.28. The van der Waals surface area contributed by atoms with E-state index in [0.29, 0.717) is 5.56 Å². The lowest BCUT2D eigenvalue weighted by atomic mass is 10.2. The third-order valence-electron chi connectivity index (χ3n) is 2.67. The molecule has 1 fully saturated rings. The van der Waals surface area contributed by atoms with E-state index in [1.54, 1.807) is 7.05 Å². The molecule has 3 nitrogen and oxygen atoms in total. The van der Waals surface area contributed by atoms with Gasteiger partial charge >= 0.3 is 0 Å². The van der Waals surface area contributed by atoms with Gasteiger partial charge in [-0.2, -0.15) is 0 Å². The summed E-state index contributed by atoms with van der Waals surface area (Å²) in [5.74, 6) is 0.826. The normalized spacial score (nSPS) is 14.7. The Balaban J connectivity index is 1.93. The van der Waals surface area contributed by atoms with E-state index in [-0.39, 0.29) is 5.91 Å². The van der Waals surface area contributed by atoms with Crippen LogP contribution in [0.2, 0.25) is 0 Å². The molecule has 0 aliphatic heterocycles. The van der Waals surface area contributed by atoms with E-state index in [1.807, 2.05) is 24.3 Å². The molecule has 0 bridgehead atoms. The van der Waals surface area contributed by atoms with Gasteiger partial charge in [0.15, 0.2) is 0 Å². The Kier molecular flexibility index (Phi) is 2.90. The van der Waals surface area contributed by atoms with Crippen LogP contribution in [0, 0.1) is 5.92 Å². The Morgan fingerprint density at radius 1 is 1.33 bits per heavy atom. The fraction of sp³-hybridized carbons (Fsp3) is 0.417. The highest BCUT2D eigenvalue weighted by Gasteiger charge is 2.20. The molecule has 2 rings (SSSR count). The van der Waals surface area contributed by atoms with Crippen molar-refractivity contribution in [2.75, 3.05) is 18.9 Å². The number of rotatable bonds is 4. The van der Waals surface area contributed by atoms with E-state index in [2.05, 4.69) is 10.6 Å². The van der Waals surface area contributed by atoms with Crippen LogP contribution >= 0.6 is 0 Å². The number of amides is 1. The first-order valence-electron chi connectivity index (χ1n) is 5.35. The quantitative estimate of drug-likeness (QED) is 0.786. The van der Waals surface area contributed by atoms with Crippen molar-refractivity contribution < 1.29 is 4.79 Å². The van der Waals surface area contributed by atoms with E-state index < -0.39 is 0 Å². The van der Waals surface area contributed by atoms with Crippen molar-refractivity contribution >= 4 is 11.6 Å².